The number of nitrogens with one attached hydrogen (secondary N) is 9. The van der Waals surface area contributed by atoms with Gasteiger partial charge in [-0.1, -0.05) is 120 Å². The molecule has 8 amide bonds. The summed E-state index contributed by atoms with van der Waals surface area (Å²) in [6.07, 6.45) is 16.9. The number of carbonyl (C=O) groups excluding carboxylic acids is 8. The van der Waals surface area contributed by atoms with Crippen LogP contribution in [-0.2, 0) is 57.6 Å². The highest BCUT2D eigenvalue weighted by molar-refractivity contribution is 5.98. The summed E-state index contributed by atoms with van der Waals surface area (Å²) >= 11 is 0. The number of benzene rings is 2. The standard InChI is InChI=1S/C56H82N14O8/c1-2-3-4-5-6-7-8-9-10-11-15-27-48(71)65-47-33-49(72)61-28-19-18-25-42(50(57)73)66-53(76)45(31-38-34-63-41-24-17-16-23-40(38)41)69-51(74)43(26-20-29-62-56(58)59)67-52(75)44(30-37-21-13-12-14-22-37)68-54(77)46(70-55(47)78)32-39-35-60-36-64-39/h12-14,16-17,21-24,34-36,42-47,63H,2-11,15,18-20,25-33H2,1H3,(H2,57,73)(H,60,64)(H,61,72)(H,65,71)(H,66,76)(H,67,75)(H,68,77)(H,69,74)(H,70,78)(H4,58,59,62)/t42-,43-,44+,45-,46?,47?/m0/s1. The fourth-order valence-corrected chi connectivity index (χ4v) is 9.42. The quantitative estimate of drug-likeness (QED) is 0.0275. The highest BCUT2D eigenvalue weighted by atomic mass is 16.2. The lowest BCUT2D eigenvalue weighted by Gasteiger charge is -2.27. The van der Waals surface area contributed by atoms with Crippen LogP contribution in [0.25, 0.3) is 10.9 Å². The molecule has 1 fully saturated rings. The Morgan fingerprint density at radius 2 is 1.26 bits per heavy atom. The van der Waals surface area contributed by atoms with Crippen molar-refractivity contribution in [1.29, 1.82) is 0 Å². The normalized spacial score (nSPS) is 20.5. The second-order valence-electron chi connectivity index (χ2n) is 20.1. The number of guanidine groups is 1. The summed E-state index contributed by atoms with van der Waals surface area (Å²) in [5.41, 5.74) is 19.6. The summed E-state index contributed by atoms with van der Waals surface area (Å²) in [5, 5.41) is 20.2. The number of hydrogen-bond donors (Lipinski definition) is 12. The summed E-state index contributed by atoms with van der Waals surface area (Å²) in [4.78, 5) is 127. The third kappa shape index (κ3) is 21.7. The summed E-state index contributed by atoms with van der Waals surface area (Å²) < 4.78 is 0. The van der Waals surface area contributed by atoms with Crippen molar-refractivity contribution in [3.63, 3.8) is 0 Å². The van der Waals surface area contributed by atoms with Gasteiger partial charge in [0.2, 0.25) is 47.3 Å². The molecule has 0 aliphatic carbocycles. The number of amides is 8. The third-order valence-electron chi connectivity index (χ3n) is 13.8. The van der Waals surface area contributed by atoms with Crippen LogP contribution in [0, 0.1) is 0 Å². The fourth-order valence-electron chi connectivity index (χ4n) is 9.42. The molecule has 1 saturated heterocycles. The topological polar surface area (TPSA) is 356 Å². The average Bonchev–Trinajstić information content (AvgIpc) is 4.11. The number of hydrogen-bond acceptors (Lipinski definition) is 10. The van der Waals surface area contributed by atoms with Crippen molar-refractivity contribution < 1.29 is 38.4 Å². The summed E-state index contributed by atoms with van der Waals surface area (Å²) in [5.74, 6) is -5.89. The number of para-hydroxylation sites is 1. The predicted molar refractivity (Wildman–Crippen MR) is 298 cm³/mol. The van der Waals surface area contributed by atoms with Crippen LogP contribution in [-0.4, -0.2) is 118 Å². The maximum atomic E-state index is 14.7. The van der Waals surface area contributed by atoms with Crippen molar-refractivity contribution in [2.24, 2.45) is 22.2 Å². The number of aromatic nitrogens is 3. The molecule has 22 heteroatoms. The number of fused-ring (bicyclic) bond motifs is 1. The molecule has 78 heavy (non-hydrogen) atoms. The van der Waals surface area contributed by atoms with Crippen LogP contribution in [0.4, 0.5) is 0 Å². The van der Waals surface area contributed by atoms with Gasteiger partial charge < -0.3 is 64.4 Å². The number of nitrogens with two attached hydrogens (primary N) is 3. The molecule has 2 aromatic carbocycles. The van der Waals surface area contributed by atoms with E-state index < -0.39 is 89.9 Å². The molecule has 0 bridgehead atoms. The Balaban J connectivity index is 1.44. The van der Waals surface area contributed by atoms with Gasteiger partial charge in [-0.25, -0.2) is 4.98 Å². The number of imidazole rings is 1. The first-order valence-electron chi connectivity index (χ1n) is 27.7. The Morgan fingerprint density at radius 1 is 0.654 bits per heavy atom. The van der Waals surface area contributed by atoms with E-state index in [9.17, 15) is 38.4 Å². The van der Waals surface area contributed by atoms with Gasteiger partial charge >= 0.3 is 0 Å². The van der Waals surface area contributed by atoms with Crippen molar-refractivity contribution in [2.45, 2.75) is 178 Å². The second-order valence-corrected chi connectivity index (χ2v) is 20.1. The molecule has 2 aromatic heterocycles. The van der Waals surface area contributed by atoms with Crippen LogP contribution in [0.2, 0.25) is 0 Å². The van der Waals surface area contributed by atoms with Gasteiger partial charge in [0.25, 0.3) is 0 Å². The summed E-state index contributed by atoms with van der Waals surface area (Å²) in [6.45, 7) is 2.40. The Bertz CT molecular complexity index is 2570. The zero-order chi connectivity index (χ0) is 56.1. The maximum Gasteiger partial charge on any atom is 0.243 e. The number of rotatable bonds is 24. The van der Waals surface area contributed by atoms with Gasteiger partial charge in [-0.3, -0.25) is 43.3 Å². The number of primary amides is 1. The number of unbranched alkanes of at least 4 members (excludes halogenated alkanes) is 10. The Labute approximate surface area is 456 Å². The van der Waals surface area contributed by atoms with Crippen LogP contribution in [0.3, 0.4) is 0 Å². The van der Waals surface area contributed by atoms with E-state index in [1.165, 1.54) is 51.0 Å². The molecule has 2 unspecified atom stereocenters. The minimum atomic E-state index is -1.41. The second kappa shape index (κ2) is 33.4. The fraction of sp³-hybridized carbons (Fsp3) is 0.536. The molecular formula is C56H82N14O8. The van der Waals surface area contributed by atoms with E-state index in [1.54, 1.807) is 36.5 Å². The van der Waals surface area contributed by atoms with Gasteiger partial charge in [0.1, 0.15) is 36.3 Å². The van der Waals surface area contributed by atoms with Crippen LogP contribution in [0.5, 0.6) is 0 Å². The summed E-state index contributed by atoms with van der Waals surface area (Å²) in [6, 6.07) is 8.30. The molecular weight excluding hydrogens is 997 g/mol. The zero-order valence-corrected chi connectivity index (χ0v) is 45.0. The first kappa shape index (κ1) is 61.1. The van der Waals surface area contributed by atoms with E-state index in [1.807, 2.05) is 24.3 Å². The van der Waals surface area contributed by atoms with Crippen LogP contribution in [0.15, 0.2) is 78.3 Å². The minimum Gasteiger partial charge on any atom is -0.370 e. The Hall–Kier alpha value is -7.78. The molecule has 1 aliphatic rings. The van der Waals surface area contributed by atoms with Crippen molar-refractivity contribution in [1.82, 2.24) is 52.2 Å². The molecule has 4 aromatic rings. The molecule has 0 radical (unpaired) electrons. The molecule has 0 saturated carbocycles. The van der Waals surface area contributed by atoms with Gasteiger partial charge in [0.05, 0.1) is 12.7 Å². The molecule has 1 aliphatic heterocycles. The van der Waals surface area contributed by atoms with Crippen molar-refractivity contribution in [2.75, 3.05) is 13.1 Å². The van der Waals surface area contributed by atoms with E-state index in [-0.39, 0.29) is 64.0 Å². The number of aromatic amines is 2. The monoisotopic (exact) mass is 1080 g/mol. The SMILES string of the molecule is CCCCCCCCCCCCCC(=O)NC1CC(=O)NCCCC[C@@H](C(N)=O)NC(=O)[C@H](Cc2c[nH]c3ccccc23)NC(=O)[C@H](CCCN=C(N)N)NC(=O)[C@@H](Cc2ccccc2)NC(=O)C(Cc2cnc[nH]2)NC1=O. The predicted octanol–water partition coefficient (Wildman–Crippen LogP) is 2.76. The molecule has 22 nitrogen and oxygen atoms in total. The van der Waals surface area contributed by atoms with E-state index in [2.05, 4.69) is 64.1 Å². The lowest BCUT2D eigenvalue weighted by atomic mass is 10.0. The van der Waals surface area contributed by atoms with E-state index in [0.717, 1.165) is 36.6 Å². The number of carbonyl (C=O) groups is 8. The van der Waals surface area contributed by atoms with Crippen LogP contribution in [0.1, 0.15) is 139 Å². The van der Waals surface area contributed by atoms with Crippen molar-refractivity contribution in [3.8, 4) is 0 Å². The van der Waals surface area contributed by atoms with Gasteiger partial charge in [0.15, 0.2) is 5.96 Å². The lowest BCUT2D eigenvalue weighted by Crippen LogP contribution is -2.60. The van der Waals surface area contributed by atoms with Gasteiger partial charge in [0, 0.05) is 67.8 Å². The van der Waals surface area contributed by atoms with E-state index in [0.29, 0.717) is 36.1 Å². The first-order valence-corrected chi connectivity index (χ1v) is 27.7. The molecule has 0 spiro atoms. The molecule has 424 valence electrons. The van der Waals surface area contributed by atoms with Crippen molar-refractivity contribution in [3.05, 3.63) is 90.1 Å². The Morgan fingerprint density at radius 3 is 1.92 bits per heavy atom. The third-order valence-corrected chi connectivity index (χ3v) is 13.8. The van der Waals surface area contributed by atoms with Crippen LogP contribution >= 0.6 is 0 Å². The zero-order valence-electron chi connectivity index (χ0n) is 45.0. The smallest absolute Gasteiger partial charge is 0.243 e. The van der Waals surface area contributed by atoms with Crippen molar-refractivity contribution >= 4 is 64.1 Å². The van der Waals surface area contributed by atoms with E-state index in [4.69, 9.17) is 17.2 Å². The average molecular weight is 1080 g/mol. The molecule has 15 N–H and O–H groups in total. The highest BCUT2D eigenvalue weighted by Gasteiger charge is 2.35. The summed E-state index contributed by atoms with van der Waals surface area (Å²) in [7, 11) is 0. The maximum absolute atomic E-state index is 14.7. The minimum absolute atomic E-state index is 0.0245. The Kier molecular flexibility index (Phi) is 26.1. The van der Waals surface area contributed by atoms with Gasteiger partial charge in [-0.2, -0.15) is 0 Å². The molecule has 5 rings (SSSR count). The highest BCUT2D eigenvalue weighted by Crippen LogP contribution is 2.20. The van der Waals surface area contributed by atoms with Crippen LogP contribution < -0.4 is 54.4 Å². The largest absolute Gasteiger partial charge is 0.370 e. The number of aliphatic imine (C=N–C) groups is 1. The number of H-pyrrole nitrogens is 2. The molecule has 3 heterocycles. The number of nitrogens with zero attached hydrogens (tertiary/aromatic N) is 2. The molecule has 6 atom stereocenters. The van der Waals surface area contributed by atoms with E-state index >= 15 is 0 Å². The lowest BCUT2D eigenvalue weighted by molar-refractivity contribution is -0.136. The van der Waals surface area contributed by atoms with Gasteiger partial charge in [-0.05, 0) is 55.7 Å². The van der Waals surface area contributed by atoms with Gasteiger partial charge in [-0.15, -0.1) is 0 Å². The first-order chi connectivity index (χ1) is 37.7.